The van der Waals surface area contributed by atoms with Gasteiger partial charge in [-0.1, -0.05) is 13.0 Å². The molecular weight excluding hydrogens is 202 g/mol. The molecule has 0 aliphatic heterocycles. The molecule has 0 radical (unpaired) electrons. The first-order chi connectivity index (χ1) is 7.86. The van der Waals surface area contributed by atoms with E-state index in [1.165, 1.54) is 5.56 Å². The van der Waals surface area contributed by atoms with Crippen LogP contribution in [0, 0.1) is 0 Å². The lowest BCUT2D eigenvalue weighted by Crippen LogP contribution is -2.37. The summed E-state index contributed by atoms with van der Waals surface area (Å²) in [6.07, 6.45) is 6.52. The topological polar surface area (TPSA) is 60.2 Å². The number of hydrazine groups is 1. The summed E-state index contributed by atoms with van der Waals surface area (Å²) in [7, 11) is 0. The summed E-state index contributed by atoms with van der Waals surface area (Å²) >= 11 is 0. The highest BCUT2D eigenvalue weighted by Gasteiger charge is 2.07. The smallest absolute Gasteiger partial charge is 0.0481 e. The lowest BCUT2D eigenvalue weighted by atomic mass is 10.1. The molecule has 1 unspecified atom stereocenters. The second-order valence-corrected chi connectivity index (χ2v) is 3.83. The Bertz CT molecular complexity index is 266. The van der Waals surface area contributed by atoms with Gasteiger partial charge in [-0.05, 0) is 30.9 Å². The van der Waals surface area contributed by atoms with Crippen LogP contribution in [0.4, 0.5) is 0 Å². The van der Waals surface area contributed by atoms with E-state index in [-0.39, 0.29) is 6.04 Å². The number of hydrogen-bond acceptors (Lipinski definition) is 4. The van der Waals surface area contributed by atoms with Crippen LogP contribution in [0.2, 0.25) is 0 Å². The zero-order valence-electron chi connectivity index (χ0n) is 9.86. The Kier molecular flexibility index (Phi) is 6.72. The Morgan fingerprint density at radius 3 is 3.00 bits per heavy atom. The predicted octanol–water partition coefficient (Wildman–Crippen LogP) is 1.27. The van der Waals surface area contributed by atoms with Gasteiger partial charge in [0.25, 0.3) is 0 Å². The average molecular weight is 223 g/mol. The maximum absolute atomic E-state index is 5.51. The van der Waals surface area contributed by atoms with E-state index >= 15 is 0 Å². The fourth-order valence-corrected chi connectivity index (χ4v) is 1.52. The Hall–Kier alpha value is -0.970. The summed E-state index contributed by atoms with van der Waals surface area (Å²) < 4.78 is 5.44. The number of pyridine rings is 1. The minimum Gasteiger partial charge on any atom is -0.381 e. The Morgan fingerprint density at radius 2 is 2.38 bits per heavy atom. The number of ether oxygens (including phenoxy) is 1. The molecule has 4 heteroatoms. The molecule has 3 N–H and O–H groups in total. The highest BCUT2D eigenvalue weighted by Crippen LogP contribution is 2.04. The fraction of sp³-hybridized carbons (Fsp3) is 0.583. The molecule has 0 aromatic carbocycles. The summed E-state index contributed by atoms with van der Waals surface area (Å²) in [6.45, 7) is 3.68. The Morgan fingerprint density at radius 1 is 1.50 bits per heavy atom. The minimum absolute atomic E-state index is 0.251. The maximum Gasteiger partial charge on any atom is 0.0481 e. The van der Waals surface area contributed by atoms with Crippen LogP contribution in [-0.2, 0) is 11.2 Å². The van der Waals surface area contributed by atoms with Crippen molar-refractivity contribution < 1.29 is 4.74 Å². The van der Waals surface area contributed by atoms with Gasteiger partial charge in [-0.25, -0.2) is 0 Å². The van der Waals surface area contributed by atoms with Crippen LogP contribution in [0.1, 0.15) is 25.3 Å². The molecule has 0 fully saturated rings. The van der Waals surface area contributed by atoms with E-state index in [1.807, 2.05) is 12.3 Å². The van der Waals surface area contributed by atoms with E-state index in [9.17, 15) is 0 Å². The summed E-state index contributed by atoms with van der Waals surface area (Å²) in [5, 5.41) is 0. The average Bonchev–Trinajstić information content (AvgIpc) is 2.34. The second kappa shape index (κ2) is 8.21. The molecule has 0 bridgehead atoms. The van der Waals surface area contributed by atoms with Crippen molar-refractivity contribution in [3.05, 3.63) is 30.1 Å². The molecule has 0 aliphatic rings. The number of nitrogens with zero attached hydrogens (tertiary/aromatic N) is 1. The lowest BCUT2D eigenvalue weighted by molar-refractivity contribution is 0.124. The van der Waals surface area contributed by atoms with Crippen LogP contribution in [0.5, 0.6) is 0 Å². The van der Waals surface area contributed by atoms with Gasteiger partial charge in [-0.15, -0.1) is 0 Å². The zero-order valence-corrected chi connectivity index (χ0v) is 9.86. The maximum atomic E-state index is 5.51. The molecule has 0 saturated carbocycles. The molecule has 16 heavy (non-hydrogen) atoms. The largest absolute Gasteiger partial charge is 0.381 e. The van der Waals surface area contributed by atoms with Crippen molar-refractivity contribution in [1.82, 2.24) is 10.4 Å². The molecule has 90 valence electrons. The molecule has 0 amide bonds. The first-order valence-electron chi connectivity index (χ1n) is 5.79. The van der Waals surface area contributed by atoms with Gasteiger partial charge in [-0.3, -0.25) is 16.3 Å². The Labute approximate surface area is 97.2 Å². The van der Waals surface area contributed by atoms with E-state index in [0.29, 0.717) is 0 Å². The van der Waals surface area contributed by atoms with E-state index in [0.717, 1.165) is 32.5 Å². The van der Waals surface area contributed by atoms with E-state index in [4.69, 9.17) is 10.6 Å². The molecule has 0 saturated heterocycles. The zero-order chi connectivity index (χ0) is 11.6. The third kappa shape index (κ3) is 5.21. The summed E-state index contributed by atoms with van der Waals surface area (Å²) in [5.74, 6) is 5.51. The van der Waals surface area contributed by atoms with Crippen molar-refractivity contribution in [3.63, 3.8) is 0 Å². The predicted molar refractivity (Wildman–Crippen MR) is 64.8 cm³/mol. The van der Waals surface area contributed by atoms with Crippen LogP contribution in [0.3, 0.4) is 0 Å². The molecule has 1 rings (SSSR count). The van der Waals surface area contributed by atoms with Crippen molar-refractivity contribution >= 4 is 0 Å². The van der Waals surface area contributed by atoms with Gasteiger partial charge >= 0.3 is 0 Å². The van der Waals surface area contributed by atoms with E-state index in [2.05, 4.69) is 23.4 Å². The molecule has 1 aromatic heterocycles. The molecule has 0 spiro atoms. The molecule has 1 heterocycles. The van der Waals surface area contributed by atoms with Gasteiger partial charge < -0.3 is 4.74 Å². The Balaban J connectivity index is 2.26. The molecule has 4 nitrogen and oxygen atoms in total. The van der Waals surface area contributed by atoms with Gasteiger partial charge in [0.1, 0.15) is 0 Å². The van der Waals surface area contributed by atoms with E-state index in [1.54, 1.807) is 6.20 Å². The van der Waals surface area contributed by atoms with Crippen LogP contribution >= 0.6 is 0 Å². The van der Waals surface area contributed by atoms with Gasteiger partial charge in [0.15, 0.2) is 0 Å². The summed E-state index contributed by atoms with van der Waals surface area (Å²) in [6, 6.07) is 4.25. The van der Waals surface area contributed by atoms with Crippen molar-refractivity contribution in [2.24, 2.45) is 5.84 Å². The summed E-state index contributed by atoms with van der Waals surface area (Å²) in [4.78, 5) is 4.08. The number of hydrogen-bond donors (Lipinski definition) is 2. The van der Waals surface area contributed by atoms with Crippen LogP contribution in [0.15, 0.2) is 24.5 Å². The molecule has 1 aromatic rings. The number of nitrogens with two attached hydrogens (primary N) is 1. The second-order valence-electron chi connectivity index (χ2n) is 3.83. The van der Waals surface area contributed by atoms with Crippen molar-refractivity contribution in [2.75, 3.05) is 13.2 Å². The molecule has 1 atom stereocenters. The minimum atomic E-state index is 0.251. The van der Waals surface area contributed by atoms with Crippen LogP contribution in [-0.4, -0.2) is 24.2 Å². The lowest BCUT2D eigenvalue weighted by Gasteiger charge is -2.15. The van der Waals surface area contributed by atoms with E-state index < -0.39 is 0 Å². The monoisotopic (exact) mass is 223 g/mol. The first kappa shape index (κ1) is 13.1. The van der Waals surface area contributed by atoms with Crippen molar-refractivity contribution in [3.8, 4) is 0 Å². The SMILES string of the molecule is CCCOCCC(Cc1cccnc1)NN. The van der Waals surface area contributed by atoms with Crippen LogP contribution < -0.4 is 11.3 Å². The van der Waals surface area contributed by atoms with Gasteiger partial charge in [-0.2, -0.15) is 0 Å². The van der Waals surface area contributed by atoms with Gasteiger partial charge in [0.05, 0.1) is 0 Å². The van der Waals surface area contributed by atoms with Gasteiger partial charge in [0.2, 0.25) is 0 Å². The molecule has 0 aliphatic carbocycles. The standard InChI is InChI=1S/C12H21N3O/c1-2-7-16-8-5-12(15-13)9-11-4-3-6-14-10-11/h3-4,6,10,12,15H,2,5,7-9,13H2,1H3. The summed E-state index contributed by atoms with van der Waals surface area (Å²) in [5.41, 5.74) is 4.01. The van der Waals surface area contributed by atoms with Crippen molar-refractivity contribution in [2.45, 2.75) is 32.2 Å². The quantitative estimate of drug-likeness (QED) is 0.396. The number of aromatic nitrogens is 1. The number of rotatable bonds is 8. The first-order valence-corrected chi connectivity index (χ1v) is 5.79. The highest BCUT2D eigenvalue weighted by atomic mass is 16.5. The normalized spacial score (nSPS) is 12.6. The number of nitrogens with one attached hydrogen (secondary N) is 1. The molecular formula is C12H21N3O. The highest BCUT2D eigenvalue weighted by molar-refractivity contribution is 5.09. The van der Waals surface area contributed by atoms with Crippen molar-refractivity contribution in [1.29, 1.82) is 0 Å². The fourth-order valence-electron chi connectivity index (χ4n) is 1.52. The third-order valence-corrected chi connectivity index (χ3v) is 2.40. The van der Waals surface area contributed by atoms with Crippen LogP contribution in [0.25, 0.3) is 0 Å². The van der Waals surface area contributed by atoms with Gasteiger partial charge in [0, 0.05) is 31.6 Å². The third-order valence-electron chi connectivity index (χ3n) is 2.40.